The Morgan fingerprint density at radius 2 is 2.05 bits per heavy atom. The van der Waals surface area contributed by atoms with Crippen molar-refractivity contribution in [3.63, 3.8) is 0 Å². The number of carbonyl (C=O) groups is 1. The van der Waals surface area contributed by atoms with E-state index >= 15 is 0 Å². The molecule has 0 aliphatic heterocycles. The lowest BCUT2D eigenvalue weighted by Crippen LogP contribution is -2.21. The number of aryl methyl sites for hydroxylation is 1. The fourth-order valence-electron chi connectivity index (χ4n) is 2.00. The summed E-state index contributed by atoms with van der Waals surface area (Å²) in [5.74, 6) is 0.102. The molecule has 0 bridgehead atoms. The minimum atomic E-state index is 0.102. The Labute approximate surface area is 124 Å². The quantitative estimate of drug-likeness (QED) is 0.884. The van der Waals surface area contributed by atoms with Crippen molar-refractivity contribution in [1.82, 2.24) is 10.3 Å². The van der Waals surface area contributed by atoms with Gasteiger partial charge in [0.25, 0.3) is 0 Å². The molecule has 1 heterocycles. The van der Waals surface area contributed by atoms with Crippen molar-refractivity contribution in [1.29, 1.82) is 0 Å². The summed E-state index contributed by atoms with van der Waals surface area (Å²) in [4.78, 5) is 17.3. The van der Waals surface area contributed by atoms with Crippen LogP contribution in [0.15, 0.2) is 30.3 Å². The molecule has 4 heteroatoms. The van der Waals surface area contributed by atoms with Crippen LogP contribution in [0, 0.1) is 6.92 Å². The van der Waals surface area contributed by atoms with Crippen molar-refractivity contribution < 1.29 is 4.79 Å². The Balaban J connectivity index is 1.97. The molecule has 1 N–H and O–H groups in total. The number of hydrogen-bond acceptors (Lipinski definition) is 3. The van der Waals surface area contributed by atoms with Crippen LogP contribution in [0.2, 0.25) is 0 Å². The summed E-state index contributed by atoms with van der Waals surface area (Å²) >= 11 is 1.69. The van der Waals surface area contributed by atoms with Gasteiger partial charge < -0.3 is 5.32 Å². The first-order valence-electron chi connectivity index (χ1n) is 6.95. The highest BCUT2D eigenvalue weighted by Gasteiger charge is 2.09. The van der Waals surface area contributed by atoms with Crippen molar-refractivity contribution in [2.45, 2.75) is 39.7 Å². The van der Waals surface area contributed by atoms with Gasteiger partial charge in [0.15, 0.2) is 0 Å². The van der Waals surface area contributed by atoms with Gasteiger partial charge in [-0.15, -0.1) is 11.3 Å². The Hall–Kier alpha value is -1.68. The first-order chi connectivity index (χ1) is 9.69. The Kier molecular flexibility index (Phi) is 5.30. The molecule has 0 fully saturated rings. The molecule has 20 heavy (non-hydrogen) atoms. The minimum absolute atomic E-state index is 0.102. The molecule has 106 valence electrons. The van der Waals surface area contributed by atoms with Crippen LogP contribution in [0.25, 0.3) is 0 Å². The molecule has 2 aromatic rings. The smallest absolute Gasteiger partial charge is 0.220 e. The molecule has 1 aromatic heterocycles. The highest BCUT2D eigenvalue weighted by Crippen LogP contribution is 2.21. The lowest BCUT2D eigenvalue weighted by molar-refractivity contribution is -0.121. The zero-order valence-electron chi connectivity index (χ0n) is 12.0. The highest BCUT2D eigenvalue weighted by atomic mass is 32.1. The van der Waals surface area contributed by atoms with E-state index < -0.39 is 0 Å². The van der Waals surface area contributed by atoms with E-state index in [1.807, 2.05) is 19.9 Å². The van der Waals surface area contributed by atoms with Crippen LogP contribution in [-0.2, 0) is 17.8 Å². The molecular formula is C16H20N2OS. The molecule has 0 unspecified atom stereocenters. The second-order valence-electron chi connectivity index (χ2n) is 4.81. The van der Waals surface area contributed by atoms with Crippen LogP contribution in [-0.4, -0.2) is 10.9 Å². The highest BCUT2D eigenvalue weighted by molar-refractivity contribution is 7.11. The van der Waals surface area contributed by atoms with E-state index in [9.17, 15) is 4.79 Å². The topological polar surface area (TPSA) is 42.0 Å². The van der Waals surface area contributed by atoms with Crippen molar-refractivity contribution in [2.75, 3.05) is 0 Å². The van der Waals surface area contributed by atoms with E-state index in [1.54, 1.807) is 11.3 Å². The van der Waals surface area contributed by atoms with Crippen LogP contribution in [0.4, 0.5) is 0 Å². The molecule has 1 aromatic carbocycles. The molecular weight excluding hydrogens is 268 g/mol. The lowest BCUT2D eigenvalue weighted by atomic mass is 10.1. The Morgan fingerprint density at radius 3 is 2.75 bits per heavy atom. The average Bonchev–Trinajstić information content (AvgIpc) is 2.79. The first-order valence-corrected chi connectivity index (χ1v) is 7.76. The van der Waals surface area contributed by atoms with Gasteiger partial charge in [-0.05, 0) is 18.9 Å². The number of benzene rings is 1. The number of hydrogen-bond donors (Lipinski definition) is 1. The predicted molar refractivity (Wildman–Crippen MR) is 82.9 cm³/mol. The summed E-state index contributed by atoms with van der Waals surface area (Å²) in [6.07, 6.45) is 2.37. The van der Waals surface area contributed by atoms with Crippen molar-refractivity contribution in [3.05, 3.63) is 51.5 Å². The zero-order chi connectivity index (χ0) is 14.4. The van der Waals surface area contributed by atoms with Crippen molar-refractivity contribution in [2.24, 2.45) is 0 Å². The summed E-state index contributed by atoms with van der Waals surface area (Å²) in [6, 6.07) is 10.4. The van der Waals surface area contributed by atoms with Gasteiger partial charge in [-0.25, -0.2) is 4.98 Å². The zero-order valence-corrected chi connectivity index (χ0v) is 12.8. The van der Waals surface area contributed by atoms with E-state index in [2.05, 4.69) is 34.6 Å². The second kappa shape index (κ2) is 7.20. The van der Waals surface area contributed by atoms with Gasteiger partial charge in [-0.1, -0.05) is 37.3 Å². The van der Waals surface area contributed by atoms with Crippen LogP contribution in [0.5, 0.6) is 0 Å². The third kappa shape index (κ3) is 4.17. The first kappa shape index (κ1) is 14.7. The van der Waals surface area contributed by atoms with Crippen LogP contribution >= 0.6 is 11.3 Å². The Bertz CT molecular complexity index is 563. The van der Waals surface area contributed by atoms with Gasteiger partial charge in [0.1, 0.15) is 5.01 Å². The van der Waals surface area contributed by atoms with E-state index in [4.69, 9.17) is 0 Å². The summed E-state index contributed by atoms with van der Waals surface area (Å²) in [6.45, 7) is 4.58. The predicted octanol–water partition coefficient (Wildman–Crippen LogP) is 3.46. The molecule has 0 atom stereocenters. The number of nitrogens with one attached hydrogen (secondary N) is 1. The molecule has 0 radical (unpaired) electrons. The number of thiazole rings is 1. The van der Waals surface area contributed by atoms with E-state index in [0.717, 1.165) is 23.5 Å². The SMILES string of the molecule is CCCC(=O)NCc1nc(C)c(Cc2ccccc2)s1. The normalized spacial score (nSPS) is 10.5. The monoisotopic (exact) mass is 288 g/mol. The average molecular weight is 288 g/mol. The van der Waals surface area contributed by atoms with E-state index in [0.29, 0.717) is 13.0 Å². The van der Waals surface area contributed by atoms with Crippen LogP contribution in [0.3, 0.4) is 0 Å². The molecule has 2 rings (SSSR count). The van der Waals surface area contributed by atoms with Gasteiger partial charge in [0.2, 0.25) is 5.91 Å². The van der Waals surface area contributed by atoms with Gasteiger partial charge in [0, 0.05) is 17.7 Å². The standard InChI is InChI=1S/C16H20N2OS/c1-3-7-15(19)17-11-16-18-12(2)14(20-16)10-13-8-5-4-6-9-13/h4-6,8-9H,3,7,10-11H2,1-2H3,(H,17,19). The van der Waals surface area contributed by atoms with Crippen molar-refractivity contribution in [3.8, 4) is 0 Å². The molecule has 0 aliphatic rings. The Morgan fingerprint density at radius 1 is 1.30 bits per heavy atom. The third-order valence-corrected chi connectivity index (χ3v) is 4.22. The molecule has 0 saturated carbocycles. The maximum Gasteiger partial charge on any atom is 0.220 e. The largest absolute Gasteiger partial charge is 0.350 e. The lowest BCUT2D eigenvalue weighted by Gasteiger charge is -2.00. The molecule has 1 amide bonds. The van der Waals surface area contributed by atoms with Gasteiger partial charge in [0.05, 0.1) is 12.2 Å². The van der Waals surface area contributed by atoms with Crippen LogP contribution in [0.1, 0.15) is 40.9 Å². The fraction of sp³-hybridized carbons (Fsp3) is 0.375. The van der Waals surface area contributed by atoms with E-state index in [1.165, 1.54) is 10.4 Å². The number of amides is 1. The number of nitrogens with zero attached hydrogens (tertiary/aromatic N) is 1. The third-order valence-electron chi connectivity index (χ3n) is 3.06. The minimum Gasteiger partial charge on any atom is -0.350 e. The summed E-state index contributed by atoms with van der Waals surface area (Å²) in [5.41, 5.74) is 2.36. The number of rotatable bonds is 6. The van der Waals surface area contributed by atoms with Gasteiger partial charge >= 0.3 is 0 Å². The van der Waals surface area contributed by atoms with E-state index in [-0.39, 0.29) is 5.91 Å². The van der Waals surface area contributed by atoms with Gasteiger partial charge in [-0.3, -0.25) is 4.79 Å². The fourth-order valence-corrected chi connectivity index (χ4v) is 3.04. The maximum atomic E-state index is 11.5. The molecule has 0 saturated heterocycles. The second-order valence-corrected chi connectivity index (χ2v) is 5.97. The molecule has 0 spiro atoms. The molecule has 3 nitrogen and oxygen atoms in total. The summed E-state index contributed by atoms with van der Waals surface area (Å²) in [7, 11) is 0. The maximum absolute atomic E-state index is 11.5. The summed E-state index contributed by atoms with van der Waals surface area (Å²) in [5, 5.41) is 3.90. The van der Waals surface area contributed by atoms with Crippen molar-refractivity contribution >= 4 is 17.2 Å². The van der Waals surface area contributed by atoms with Gasteiger partial charge in [-0.2, -0.15) is 0 Å². The van der Waals surface area contributed by atoms with Crippen LogP contribution < -0.4 is 5.32 Å². The number of carbonyl (C=O) groups excluding carboxylic acids is 1. The summed E-state index contributed by atoms with van der Waals surface area (Å²) < 4.78 is 0. The molecule has 0 aliphatic carbocycles. The number of aromatic nitrogens is 1.